The van der Waals surface area contributed by atoms with Crippen LogP contribution in [0.25, 0.3) is 22.3 Å². The molecule has 0 aliphatic carbocycles. The molecule has 0 bridgehead atoms. The Kier molecular flexibility index (Phi) is 7.45. The summed E-state index contributed by atoms with van der Waals surface area (Å²) in [5.41, 5.74) is 0.378. The van der Waals surface area contributed by atoms with Gasteiger partial charge in [-0.25, -0.2) is 0 Å². The Morgan fingerprint density at radius 1 is 0.806 bits per heavy atom. The molecule has 0 unspecified atom stereocenters. The number of unbranched alkanes of at least 4 members (excludes halogenated alkanes) is 7. The van der Waals surface area contributed by atoms with E-state index in [4.69, 9.17) is 4.42 Å². The average molecular weight is 427 g/mol. The number of fused-ring (bicyclic) bond motifs is 1. The summed E-state index contributed by atoms with van der Waals surface area (Å²) in [6.07, 6.45) is 10.7. The Labute approximate surface area is 181 Å². The van der Waals surface area contributed by atoms with Crippen molar-refractivity contribution in [2.45, 2.75) is 64.7 Å². The van der Waals surface area contributed by atoms with Crippen molar-refractivity contribution in [2.24, 2.45) is 0 Å². The van der Waals surface area contributed by atoms with Gasteiger partial charge >= 0.3 is 0 Å². The van der Waals surface area contributed by atoms with Crippen molar-refractivity contribution < 1.29 is 24.8 Å². The van der Waals surface area contributed by atoms with Crippen molar-refractivity contribution in [2.75, 3.05) is 0 Å². The zero-order valence-electron chi connectivity index (χ0n) is 17.9. The first-order valence-corrected chi connectivity index (χ1v) is 11.0. The predicted octanol–water partition coefficient (Wildman–Crippen LogP) is 5.97. The van der Waals surface area contributed by atoms with E-state index >= 15 is 0 Å². The van der Waals surface area contributed by atoms with Gasteiger partial charge in [-0.3, -0.25) is 4.79 Å². The van der Waals surface area contributed by atoms with Crippen LogP contribution in [0.5, 0.6) is 23.0 Å². The Morgan fingerprint density at radius 3 is 2.06 bits per heavy atom. The zero-order valence-corrected chi connectivity index (χ0v) is 17.9. The van der Waals surface area contributed by atoms with Gasteiger partial charge in [-0.05, 0) is 30.5 Å². The first kappa shape index (κ1) is 22.5. The average Bonchev–Trinajstić information content (AvgIpc) is 2.72. The molecule has 1 aromatic heterocycles. The lowest BCUT2D eigenvalue weighted by Gasteiger charge is -2.10. The largest absolute Gasteiger partial charge is 0.508 e. The Hall–Kier alpha value is -3.15. The van der Waals surface area contributed by atoms with E-state index in [2.05, 4.69) is 6.92 Å². The first-order valence-electron chi connectivity index (χ1n) is 11.0. The van der Waals surface area contributed by atoms with Gasteiger partial charge in [-0.15, -0.1) is 0 Å². The maximum absolute atomic E-state index is 12.6. The molecule has 0 radical (unpaired) electrons. The number of phenols is 3. The van der Waals surface area contributed by atoms with E-state index in [0.717, 1.165) is 37.0 Å². The standard InChI is InChI=1S/C25H30O6/c1-2-3-4-5-6-7-8-9-10-16-11-12-18-21(13-16)31-25(24(30)23(18)29)22-19(27)14-17(26)15-20(22)28/h11-15,26-28,30H,2-10H2,1H3. The van der Waals surface area contributed by atoms with Gasteiger partial charge in [0.2, 0.25) is 11.2 Å². The molecular weight excluding hydrogens is 396 g/mol. The molecule has 2 aromatic carbocycles. The van der Waals surface area contributed by atoms with Crippen LogP contribution in [-0.4, -0.2) is 20.4 Å². The van der Waals surface area contributed by atoms with Crippen molar-refractivity contribution in [3.05, 3.63) is 46.1 Å². The molecule has 166 valence electrons. The molecule has 0 aliphatic heterocycles. The van der Waals surface area contributed by atoms with Gasteiger partial charge in [0.05, 0.1) is 5.39 Å². The molecule has 0 atom stereocenters. The Morgan fingerprint density at radius 2 is 1.42 bits per heavy atom. The minimum atomic E-state index is -0.709. The summed E-state index contributed by atoms with van der Waals surface area (Å²) in [6.45, 7) is 2.21. The van der Waals surface area contributed by atoms with Crippen molar-refractivity contribution in [3.8, 4) is 34.3 Å². The second-order valence-corrected chi connectivity index (χ2v) is 8.02. The summed E-state index contributed by atoms with van der Waals surface area (Å²) in [5.74, 6) is -2.42. The number of hydrogen-bond donors (Lipinski definition) is 4. The summed E-state index contributed by atoms with van der Waals surface area (Å²) < 4.78 is 5.73. The highest BCUT2D eigenvalue weighted by molar-refractivity contribution is 5.85. The maximum Gasteiger partial charge on any atom is 0.235 e. The van der Waals surface area contributed by atoms with Crippen molar-refractivity contribution in [1.82, 2.24) is 0 Å². The minimum absolute atomic E-state index is 0.221. The molecule has 0 amide bonds. The SMILES string of the molecule is CCCCCCCCCCc1ccc2c(=O)c(O)c(-c3c(O)cc(O)cc3O)oc2c1. The molecule has 6 heteroatoms. The van der Waals surface area contributed by atoms with Crippen LogP contribution in [0.15, 0.2) is 39.5 Å². The van der Waals surface area contributed by atoms with E-state index < -0.39 is 22.7 Å². The first-order chi connectivity index (χ1) is 14.9. The van der Waals surface area contributed by atoms with E-state index in [9.17, 15) is 25.2 Å². The molecule has 3 aromatic rings. The summed E-state index contributed by atoms with van der Waals surface area (Å²) in [4.78, 5) is 12.6. The third-order valence-corrected chi connectivity index (χ3v) is 5.56. The highest BCUT2D eigenvalue weighted by atomic mass is 16.4. The van der Waals surface area contributed by atoms with Gasteiger partial charge in [0.15, 0.2) is 5.76 Å². The fourth-order valence-corrected chi connectivity index (χ4v) is 3.85. The van der Waals surface area contributed by atoms with Crippen LogP contribution in [0.3, 0.4) is 0 Å². The van der Waals surface area contributed by atoms with Gasteiger partial charge in [0.1, 0.15) is 28.4 Å². The van der Waals surface area contributed by atoms with E-state index in [1.165, 1.54) is 38.5 Å². The third kappa shape index (κ3) is 5.32. The van der Waals surface area contributed by atoms with Crippen molar-refractivity contribution >= 4 is 11.0 Å². The predicted molar refractivity (Wildman–Crippen MR) is 121 cm³/mol. The van der Waals surface area contributed by atoms with Crippen molar-refractivity contribution in [3.63, 3.8) is 0 Å². The molecule has 0 saturated heterocycles. The molecule has 0 fully saturated rings. The molecule has 6 nitrogen and oxygen atoms in total. The smallest absolute Gasteiger partial charge is 0.235 e. The number of aromatic hydroxyl groups is 4. The molecule has 1 heterocycles. The lowest BCUT2D eigenvalue weighted by atomic mass is 10.0. The second-order valence-electron chi connectivity index (χ2n) is 8.02. The molecule has 31 heavy (non-hydrogen) atoms. The highest BCUT2D eigenvalue weighted by Gasteiger charge is 2.22. The van der Waals surface area contributed by atoms with E-state index in [1.807, 2.05) is 6.07 Å². The third-order valence-electron chi connectivity index (χ3n) is 5.56. The monoisotopic (exact) mass is 426 g/mol. The van der Waals surface area contributed by atoms with E-state index in [-0.39, 0.29) is 28.0 Å². The quantitative estimate of drug-likeness (QED) is 0.297. The molecule has 0 aliphatic rings. The molecule has 0 spiro atoms. The van der Waals surface area contributed by atoms with Crippen LogP contribution >= 0.6 is 0 Å². The molecule has 4 N–H and O–H groups in total. The van der Waals surface area contributed by atoms with Crippen LogP contribution in [0, 0.1) is 0 Å². The van der Waals surface area contributed by atoms with E-state index in [1.54, 1.807) is 12.1 Å². The number of aryl methyl sites for hydroxylation is 1. The Bertz CT molecular complexity index is 1080. The summed E-state index contributed by atoms with van der Waals surface area (Å²) >= 11 is 0. The van der Waals surface area contributed by atoms with Gasteiger partial charge in [0.25, 0.3) is 0 Å². The van der Waals surface area contributed by atoms with Gasteiger partial charge in [0, 0.05) is 12.1 Å². The normalized spacial score (nSPS) is 11.3. The zero-order chi connectivity index (χ0) is 22.4. The Balaban J connectivity index is 1.78. The maximum atomic E-state index is 12.6. The van der Waals surface area contributed by atoms with Gasteiger partial charge in [-0.1, -0.05) is 57.9 Å². The van der Waals surface area contributed by atoms with Crippen molar-refractivity contribution in [1.29, 1.82) is 0 Å². The topological polar surface area (TPSA) is 111 Å². The molecule has 3 rings (SSSR count). The number of benzene rings is 2. The van der Waals surface area contributed by atoms with Gasteiger partial charge in [-0.2, -0.15) is 0 Å². The fourth-order valence-electron chi connectivity index (χ4n) is 3.85. The summed E-state index contributed by atoms with van der Waals surface area (Å²) in [7, 11) is 0. The number of hydrogen-bond acceptors (Lipinski definition) is 6. The summed E-state index contributed by atoms with van der Waals surface area (Å²) in [5, 5.41) is 40.3. The van der Waals surface area contributed by atoms with Crippen LogP contribution in [0.4, 0.5) is 0 Å². The molecular formula is C25H30O6. The highest BCUT2D eigenvalue weighted by Crippen LogP contribution is 2.43. The fraction of sp³-hybridized carbons (Fsp3) is 0.400. The minimum Gasteiger partial charge on any atom is -0.508 e. The lowest BCUT2D eigenvalue weighted by molar-refractivity contribution is 0.420. The second kappa shape index (κ2) is 10.2. The number of phenolic OH excluding ortho intramolecular Hbond substituents is 3. The molecule has 0 saturated carbocycles. The number of rotatable bonds is 10. The van der Waals surface area contributed by atoms with Crippen LogP contribution in [-0.2, 0) is 6.42 Å². The summed E-state index contributed by atoms with van der Waals surface area (Å²) in [6, 6.07) is 7.24. The van der Waals surface area contributed by atoms with E-state index in [0.29, 0.717) is 0 Å². The van der Waals surface area contributed by atoms with Gasteiger partial charge < -0.3 is 24.8 Å². The van der Waals surface area contributed by atoms with Crippen LogP contribution < -0.4 is 5.43 Å². The van der Waals surface area contributed by atoms with Crippen LogP contribution in [0.1, 0.15) is 63.9 Å². The lowest BCUT2D eigenvalue weighted by Crippen LogP contribution is -2.03. The van der Waals surface area contributed by atoms with Crippen LogP contribution in [0.2, 0.25) is 0 Å².